The van der Waals surface area contributed by atoms with Crippen molar-refractivity contribution in [2.45, 2.75) is 0 Å². The van der Waals surface area contributed by atoms with E-state index in [1.165, 1.54) is 0 Å². The molecule has 0 fully saturated rings. The first-order chi connectivity index (χ1) is 12.2. The van der Waals surface area contributed by atoms with Crippen molar-refractivity contribution in [3.8, 4) is 0 Å². The van der Waals surface area contributed by atoms with Crippen LogP contribution >= 0.6 is 6.04 Å². The lowest BCUT2D eigenvalue weighted by molar-refractivity contribution is 0.358. The molecular formula is C20H20BO2PS. The van der Waals surface area contributed by atoms with Crippen molar-refractivity contribution < 1.29 is 9.76 Å². The van der Waals surface area contributed by atoms with Crippen molar-refractivity contribution in [1.29, 1.82) is 0 Å². The Hall–Kier alpha value is -1.71. The van der Waals surface area contributed by atoms with Gasteiger partial charge in [0, 0.05) is 6.04 Å². The molecule has 0 aliphatic carbocycles. The molecule has 126 valence electrons. The van der Waals surface area contributed by atoms with Gasteiger partial charge in [0.25, 0.3) is 0 Å². The van der Waals surface area contributed by atoms with Gasteiger partial charge in [-0.2, -0.15) is 0 Å². The van der Waals surface area contributed by atoms with Crippen LogP contribution in [0.1, 0.15) is 0 Å². The van der Waals surface area contributed by atoms with E-state index in [1.807, 2.05) is 66.7 Å². The Kier molecular flexibility index (Phi) is 6.22. The summed E-state index contributed by atoms with van der Waals surface area (Å²) in [6.07, 6.45) is 0.319. The van der Waals surface area contributed by atoms with Crippen LogP contribution in [0.2, 0.25) is 0 Å². The number of aliphatic hydroxyl groups excluding tert-OH is 1. The highest BCUT2D eigenvalue weighted by Gasteiger charge is 2.26. The Morgan fingerprint density at radius 1 is 0.760 bits per heavy atom. The van der Waals surface area contributed by atoms with Gasteiger partial charge in [-0.3, -0.25) is 0 Å². The highest BCUT2D eigenvalue weighted by atomic mass is 32.4. The second kappa shape index (κ2) is 8.60. The predicted molar refractivity (Wildman–Crippen MR) is 111 cm³/mol. The van der Waals surface area contributed by atoms with Gasteiger partial charge in [-0.05, 0) is 16.2 Å². The first kappa shape index (κ1) is 18.1. The van der Waals surface area contributed by atoms with Crippen molar-refractivity contribution in [3.05, 3.63) is 91.0 Å². The molecule has 0 saturated carbocycles. The smallest absolute Gasteiger partial charge is 0.361 e. The van der Waals surface area contributed by atoms with Gasteiger partial charge in [-0.1, -0.05) is 103 Å². The lowest BCUT2D eigenvalue weighted by Crippen LogP contribution is -2.45. The summed E-state index contributed by atoms with van der Waals surface area (Å²) in [5.74, 6) is 0. The molecule has 0 amide bonds. The predicted octanol–water partition coefficient (Wildman–Crippen LogP) is 2.52. The number of hydrogen-bond donors (Lipinski definition) is 1. The fourth-order valence-electron chi connectivity index (χ4n) is 2.73. The van der Waals surface area contributed by atoms with E-state index in [9.17, 15) is 5.11 Å². The van der Waals surface area contributed by atoms with Crippen molar-refractivity contribution in [2.24, 2.45) is 0 Å². The van der Waals surface area contributed by atoms with Crippen LogP contribution in [0.25, 0.3) is 0 Å². The van der Waals surface area contributed by atoms with Gasteiger partial charge in [-0.15, -0.1) is 0 Å². The summed E-state index contributed by atoms with van der Waals surface area (Å²) in [5, 5.41) is 11.0. The van der Waals surface area contributed by atoms with Crippen LogP contribution in [-0.4, -0.2) is 24.7 Å². The minimum Gasteiger partial charge on any atom is -0.422 e. The molecule has 1 atom stereocenters. The lowest BCUT2D eigenvalue weighted by Gasteiger charge is -2.23. The van der Waals surface area contributed by atoms with Crippen LogP contribution in [-0.2, 0) is 16.5 Å². The molecule has 0 aliphatic rings. The molecule has 2 nitrogen and oxygen atoms in total. The molecule has 3 aromatic rings. The van der Waals surface area contributed by atoms with E-state index in [0.29, 0.717) is 6.35 Å². The van der Waals surface area contributed by atoms with Gasteiger partial charge in [0.2, 0.25) is 0 Å². The van der Waals surface area contributed by atoms with E-state index in [4.69, 9.17) is 16.5 Å². The third-order valence-electron chi connectivity index (χ3n) is 4.11. The van der Waals surface area contributed by atoms with Crippen LogP contribution in [0.15, 0.2) is 91.0 Å². The largest absolute Gasteiger partial charge is 0.422 e. The maximum Gasteiger partial charge on any atom is 0.361 e. The Bertz CT molecular complexity index is 789. The third-order valence-corrected chi connectivity index (χ3v) is 7.67. The molecule has 1 N–H and O–H groups in total. The van der Waals surface area contributed by atoms with Crippen molar-refractivity contribution in [1.82, 2.24) is 0 Å². The molecule has 25 heavy (non-hydrogen) atoms. The lowest BCUT2D eigenvalue weighted by atomic mass is 9.55. The first-order valence-corrected chi connectivity index (χ1v) is 11.4. The molecule has 0 aliphatic heterocycles. The Balaban J connectivity index is 1.87. The maximum absolute atomic E-state index is 9.96. The van der Waals surface area contributed by atoms with Crippen molar-refractivity contribution >= 4 is 41.0 Å². The van der Waals surface area contributed by atoms with Crippen molar-refractivity contribution in [2.75, 3.05) is 12.7 Å². The van der Waals surface area contributed by atoms with Crippen LogP contribution in [0.3, 0.4) is 0 Å². The fraction of sp³-hybridized carbons (Fsp3) is 0.100. The zero-order valence-corrected chi connectivity index (χ0v) is 15.6. The average molecular weight is 366 g/mol. The van der Waals surface area contributed by atoms with Gasteiger partial charge in [-0.25, -0.2) is 0 Å². The van der Waals surface area contributed by atoms with Gasteiger partial charge in [0.15, 0.2) is 0 Å². The monoisotopic (exact) mass is 366 g/mol. The van der Waals surface area contributed by atoms with Gasteiger partial charge >= 0.3 is 6.92 Å². The summed E-state index contributed by atoms with van der Waals surface area (Å²) in [5.41, 5.74) is 2.17. The maximum atomic E-state index is 9.96. The normalized spacial score (nSPS) is 13.2. The molecule has 0 heterocycles. The minimum absolute atomic E-state index is 0.0390. The molecule has 3 rings (SSSR count). The van der Waals surface area contributed by atoms with Crippen LogP contribution < -0.4 is 16.2 Å². The van der Waals surface area contributed by atoms with E-state index in [2.05, 4.69) is 24.3 Å². The molecule has 0 saturated heterocycles. The number of aliphatic hydroxyl groups is 1. The molecule has 3 aromatic carbocycles. The quantitative estimate of drug-likeness (QED) is 0.515. The summed E-state index contributed by atoms with van der Waals surface area (Å²) in [6, 6.07) is 27.9. The molecule has 5 heteroatoms. The van der Waals surface area contributed by atoms with Gasteiger partial charge < -0.3 is 9.76 Å². The summed E-state index contributed by atoms with van der Waals surface area (Å²) in [7, 11) is 0. The van der Waals surface area contributed by atoms with Gasteiger partial charge in [0.05, 0.1) is 12.7 Å². The molecular weight excluding hydrogens is 346 g/mol. The third kappa shape index (κ3) is 4.48. The van der Waals surface area contributed by atoms with Crippen molar-refractivity contribution in [3.63, 3.8) is 0 Å². The summed E-state index contributed by atoms with van der Waals surface area (Å²) >= 11 is 5.82. The fourth-order valence-corrected chi connectivity index (χ4v) is 4.78. The topological polar surface area (TPSA) is 29.5 Å². The van der Waals surface area contributed by atoms with Crippen LogP contribution in [0.5, 0.6) is 0 Å². The SMILES string of the molecule is OCP(=S)(COB(c1ccccc1)c1ccccc1)c1ccccc1. The summed E-state index contributed by atoms with van der Waals surface area (Å²) < 4.78 is 6.31. The minimum atomic E-state index is -2.18. The van der Waals surface area contributed by atoms with Gasteiger partial charge in [0.1, 0.15) is 0 Å². The number of rotatable bonds is 7. The molecule has 0 aromatic heterocycles. The van der Waals surface area contributed by atoms with E-state index in [1.54, 1.807) is 0 Å². The van der Waals surface area contributed by atoms with Crippen LogP contribution in [0.4, 0.5) is 0 Å². The van der Waals surface area contributed by atoms with Crippen LogP contribution in [0, 0.1) is 0 Å². The van der Waals surface area contributed by atoms with E-state index >= 15 is 0 Å². The Morgan fingerprint density at radius 3 is 1.64 bits per heavy atom. The zero-order valence-electron chi connectivity index (χ0n) is 13.9. The summed E-state index contributed by atoms with van der Waals surface area (Å²) in [6.45, 7) is -0.194. The average Bonchev–Trinajstić information content (AvgIpc) is 2.70. The van der Waals surface area contributed by atoms with E-state index in [0.717, 1.165) is 16.2 Å². The zero-order chi connectivity index (χ0) is 17.5. The van der Waals surface area contributed by atoms with E-state index in [-0.39, 0.29) is 13.3 Å². The first-order valence-electron chi connectivity index (χ1n) is 8.19. The second-order valence-corrected chi connectivity index (χ2v) is 10.8. The second-order valence-electron chi connectivity index (χ2n) is 5.86. The van der Waals surface area contributed by atoms with E-state index < -0.39 is 6.04 Å². The Labute approximate surface area is 154 Å². The number of hydrogen-bond acceptors (Lipinski definition) is 3. The Morgan fingerprint density at radius 2 is 1.20 bits per heavy atom. The number of benzene rings is 3. The molecule has 0 radical (unpaired) electrons. The highest BCUT2D eigenvalue weighted by Crippen LogP contribution is 2.43. The molecule has 1 unspecified atom stereocenters. The summed E-state index contributed by atoms with van der Waals surface area (Å²) in [4.78, 5) is 0. The highest BCUT2D eigenvalue weighted by molar-refractivity contribution is 8.18. The standard InChI is InChI=1S/C20H20BO2PS/c22-16-24(25,20-14-8-3-9-15-20)17-23-21(18-10-4-1-5-11-18)19-12-6-2-7-13-19/h1-15,22H,16-17H2. The molecule has 0 bridgehead atoms. The molecule has 0 spiro atoms.